The van der Waals surface area contributed by atoms with Gasteiger partial charge in [0.15, 0.2) is 6.61 Å². The third-order valence-corrected chi connectivity index (χ3v) is 3.22. The third kappa shape index (κ3) is 5.33. The van der Waals surface area contributed by atoms with E-state index in [4.69, 9.17) is 16.3 Å². The molecule has 7 nitrogen and oxygen atoms in total. The topological polar surface area (TPSA) is 98.5 Å². The molecule has 1 amide bonds. The predicted octanol–water partition coefficient (Wildman–Crippen LogP) is 3.17. The van der Waals surface area contributed by atoms with Gasteiger partial charge in [0.25, 0.3) is 11.6 Å². The molecular formula is C14H17ClN2O5. The number of carbonyl (C=O) groups excluding carboxylic acids is 2. The van der Waals surface area contributed by atoms with Crippen LogP contribution in [0.2, 0.25) is 5.02 Å². The normalized spacial score (nSPS) is 11.6. The average Bonchev–Trinajstić information content (AvgIpc) is 2.46. The Bertz CT molecular complexity index is 576. The summed E-state index contributed by atoms with van der Waals surface area (Å²) < 4.78 is 4.88. The lowest BCUT2D eigenvalue weighted by Gasteiger charge is -2.10. The largest absolute Gasteiger partial charge is 0.455 e. The van der Waals surface area contributed by atoms with Crippen LogP contribution < -0.4 is 5.32 Å². The van der Waals surface area contributed by atoms with E-state index in [1.807, 2.05) is 6.92 Å². The zero-order valence-electron chi connectivity index (χ0n) is 12.3. The van der Waals surface area contributed by atoms with Gasteiger partial charge >= 0.3 is 5.97 Å². The molecule has 0 saturated carbocycles. The second kappa shape index (κ2) is 8.33. The molecule has 0 bridgehead atoms. The minimum atomic E-state index is -0.648. The number of ether oxygens (including phenoxy) is 1. The maximum Gasteiger partial charge on any atom is 0.309 e. The Hall–Kier alpha value is -2.15. The van der Waals surface area contributed by atoms with E-state index in [9.17, 15) is 19.7 Å². The van der Waals surface area contributed by atoms with Crippen LogP contribution >= 0.6 is 11.6 Å². The lowest BCUT2D eigenvalue weighted by Crippen LogP contribution is -2.23. The van der Waals surface area contributed by atoms with E-state index in [1.165, 1.54) is 12.1 Å². The van der Waals surface area contributed by atoms with E-state index in [0.717, 1.165) is 12.5 Å². The van der Waals surface area contributed by atoms with Crippen molar-refractivity contribution >= 4 is 34.9 Å². The molecule has 0 heterocycles. The molecule has 1 N–H and O–H groups in total. The van der Waals surface area contributed by atoms with Gasteiger partial charge < -0.3 is 10.1 Å². The zero-order chi connectivity index (χ0) is 16.7. The van der Waals surface area contributed by atoms with Gasteiger partial charge in [-0.1, -0.05) is 31.9 Å². The van der Waals surface area contributed by atoms with Crippen molar-refractivity contribution in [3.8, 4) is 0 Å². The summed E-state index contributed by atoms with van der Waals surface area (Å²) in [5.41, 5.74) is -0.105. The third-order valence-electron chi connectivity index (χ3n) is 2.90. The second-order valence-corrected chi connectivity index (χ2v) is 5.18. The molecule has 0 aliphatic carbocycles. The Labute approximate surface area is 132 Å². The van der Waals surface area contributed by atoms with Gasteiger partial charge in [0.05, 0.1) is 10.8 Å². The number of esters is 1. The highest BCUT2D eigenvalue weighted by Gasteiger charge is 2.16. The van der Waals surface area contributed by atoms with Crippen molar-refractivity contribution in [3.05, 3.63) is 33.3 Å². The molecule has 1 atom stereocenters. The number of carbonyl (C=O) groups is 2. The molecule has 0 unspecified atom stereocenters. The highest BCUT2D eigenvalue weighted by atomic mass is 35.5. The second-order valence-electron chi connectivity index (χ2n) is 4.77. The van der Waals surface area contributed by atoms with Crippen LogP contribution in [0.15, 0.2) is 18.2 Å². The van der Waals surface area contributed by atoms with Crippen molar-refractivity contribution in [2.45, 2.75) is 26.7 Å². The number of hydrogen-bond donors (Lipinski definition) is 1. The van der Waals surface area contributed by atoms with Crippen molar-refractivity contribution in [1.29, 1.82) is 0 Å². The van der Waals surface area contributed by atoms with Gasteiger partial charge in [-0.05, 0) is 18.6 Å². The number of rotatable bonds is 7. The van der Waals surface area contributed by atoms with Gasteiger partial charge in [-0.15, -0.1) is 0 Å². The summed E-state index contributed by atoms with van der Waals surface area (Å²) >= 11 is 5.67. The van der Waals surface area contributed by atoms with Gasteiger partial charge in [0.2, 0.25) is 0 Å². The van der Waals surface area contributed by atoms with E-state index in [-0.39, 0.29) is 22.3 Å². The van der Waals surface area contributed by atoms with Crippen LogP contribution in [0.3, 0.4) is 0 Å². The molecule has 0 aliphatic rings. The van der Waals surface area contributed by atoms with Crippen LogP contribution in [-0.4, -0.2) is 23.4 Å². The molecule has 1 rings (SSSR count). The van der Waals surface area contributed by atoms with Gasteiger partial charge in [0.1, 0.15) is 5.02 Å². The predicted molar refractivity (Wildman–Crippen MR) is 81.8 cm³/mol. The lowest BCUT2D eigenvalue weighted by atomic mass is 10.1. The first-order valence-corrected chi connectivity index (χ1v) is 7.13. The van der Waals surface area contributed by atoms with Crippen molar-refractivity contribution in [3.63, 3.8) is 0 Å². The first-order valence-electron chi connectivity index (χ1n) is 6.75. The Morgan fingerprint density at radius 2 is 2.14 bits per heavy atom. The van der Waals surface area contributed by atoms with Crippen molar-refractivity contribution in [2.24, 2.45) is 5.92 Å². The fourth-order valence-corrected chi connectivity index (χ4v) is 1.94. The molecule has 120 valence electrons. The maximum atomic E-state index is 11.7. The Balaban J connectivity index is 2.57. The van der Waals surface area contributed by atoms with Gasteiger partial charge in [-0.3, -0.25) is 19.7 Å². The number of nitrogens with zero attached hydrogens (tertiary/aromatic N) is 1. The minimum Gasteiger partial charge on any atom is -0.455 e. The number of hydrogen-bond acceptors (Lipinski definition) is 5. The van der Waals surface area contributed by atoms with E-state index in [2.05, 4.69) is 5.32 Å². The molecule has 1 aromatic rings. The summed E-state index contributed by atoms with van der Waals surface area (Å²) in [5, 5.41) is 13.1. The zero-order valence-corrected chi connectivity index (χ0v) is 13.1. The van der Waals surface area contributed by atoms with E-state index in [1.54, 1.807) is 6.92 Å². The Kier molecular flexibility index (Phi) is 6.78. The van der Waals surface area contributed by atoms with Crippen LogP contribution in [0.4, 0.5) is 11.4 Å². The number of nitrogens with one attached hydrogen (secondary N) is 1. The standard InChI is InChI=1S/C14H17ClN2O5/c1-3-4-9(2)14(19)22-8-13(18)16-10-5-6-11(15)12(7-10)17(20)21/h5-7,9H,3-4,8H2,1-2H3,(H,16,18)/t9-/m0/s1. The molecule has 0 aliphatic heterocycles. The van der Waals surface area contributed by atoms with Crippen LogP contribution in [0, 0.1) is 16.0 Å². The lowest BCUT2D eigenvalue weighted by molar-refractivity contribution is -0.384. The van der Waals surface area contributed by atoms with E-state index >= 15 is 0 Å². The number of benzene rings is 1. The first-order chi connectivity index (χ1) is 10.3. The molecule has 0 aromatic heterocycles. The molecule has 0 fully saturated rings. The smallest absolute Gasteiger partial charge is 0.309 e. The monoisotopic (exact) mass is 328 g/mol. The minimum absolute atomic E-state index is 0.0252. The van der Waals surface area contributed by atoms with Crippen LogP contribution in [0.1, 0.15) is 26.7 Å². The summed E-state index contributed by atoms with van der Waals surface area (Å²) in [6, 6.07) is 3.88. The highest BCUT2D eigenvalue weighted by molar-refractivity contribution is 6.32. The first kappa shape index (κ1) is 17.9. The Morgan fingerprint density at radius 3 is 2.73 bits per heavy atom. The summed E-state index contributed by atoms with van der Waals surface area (Å²) in [6.07, 6.45) is 1.53. The van der Waals surface area contributed by atoms with Crippen LogP contribution in [0.5, 0.6) is 0 Å². The fourth-order valence-electron chi connectivity index (χ4n) is 1.76. The van der Waals surface area contributed by atoms with Crippen molar-refractivity contribution in [2.75, 3.05) is 11.9 Å². The molecule has 8 heteroatoms. The van der Waals surface area contributed by atoms with Crippen LogP contribution in [-0.2, 0) is 14.3 Å². The molecule has 22 heavy (non-hydrogen) atoms. The van der Waals surface area contributed by atoms with Crippen LogP contribution in [0.25, 0.3) is 0 Å². The van der Waals surface area contributed by atoms with Crippen molar-refractivity contribution < 1.29 is 19.2 Å². The SMILES string of the molecule is CCC[C@H](C)C(=O)OCC(=O)Nc1ccc(Cl)c([N+](=O)[O-])c1. The summed E-state index contributed by atoms with van der Waals surface area (Å²) in [4.78, 5) is 33.3. The molecular weight excluding hydrogens is 312 g/mol. The van der Waals surface area contributed by atoms with E-state index in [0.29, 0.717) is 6.42 Å². The molecule has 0 spiro atoms. The molecule has 0 saturated heterocycles. The summed E-state index contributed by atoms with van der Waals surface area (Å²) in [7, 11) is 0. The van der Waals surface area contributed by atoms with E-state index < -0.39 is 23.4 Å². The number of anilines is 1. The maximum absolute atomic E-state index is 11.7. The van der Waals surface area contributed by atoms with Crippen molar-refractivity contribution in [1.82, 2.24) is 0 Å². The molecule has 1 aromatic carbocycles. The van der Waals surface area contributed by atoms with Gasteiger partial charge in [-0.25, -0.2) is 0 Å². The quantitative estimate of drug-likeness (QED) is 0.471. The van der Waals surface area contributed by atoms with Gasteiger partial charge in [-0.2, -0.15) is 0 Å². The molecule has 0 radical (unpaired) electrons. The summed E-state index contributed by atoms with van der Waals surface area (Å²) in [6.45, 7) is 3.24. The number of nitro benzene ring substituents is 1. The summed E-state index contributed by atoms with van der Waals surface area (Å²) in [5.74, 6) is -1.29. The Morgan fingerprint density at radius 1 is 1.45 bits per heavy atom. The fraction of sp³-hybridized carbons (Fsp3) is 0.429. The van der Waals surface area contributed by atoms with Gasteiger partial charge in [0, 0.05) is 11.8 Å². The average molecular weight is 329 g/mol. The highest BCUT2D eigenvalue weighted by Crippen LogP contribution is 2.27. The number of amides is 1. The number of nitro groups is 1. The number of halogens is 1.